The molecule has 2 atom stereocenters. The third-order valence-electron chi connectivity index (χ3n) is 3.43. The first-order valence-corrected chi connectivity index (χ1v) is 7.02. The lowest BCUT2D eigenvalue weighted by molar-refractivity contribution is -0.124. The van der Waals surface area contributed by atoms with Crippen LogP contribution in [0.3, 0.4) is 0 Å². The number of amides is 1. The molecule has 20 heavy (non-hydrogen) atoms. The molecular weight excluding hydrogens is 283 g/mol. The van der Waals surface area contributed by atoms with Gasteiger partial charge in [-0.05, 0) is 31.0 Å². The number of hydrogen-bond acceptors (Lipinski definition) is 3. The molecule has 1 fully saturated rings. The Bertz CT molecular complexity index is 484. The average Bonchev–Trinajstić information content (AvgIpc) is 2.43. The normalized spacial score (nSPS) is 22.4. The third-order valence-corrected chi connectivity index (χ3v) is 3.72. The lowest BCUT2D eigenvalue weighted by Crippen LogP contribution is -2.51. The minimum absolute atomic E-state index is 0.0204. The molecule has 0 aliphatic carbocycles. The van der Waals surface area contributed by atoms with Crippen LogP contribution in [0.15, 0.2) is 18.2 Å². The smallest absolute Gasteiger partial charge is 0.258 e. The van der Waals surface area contributed by atoms with Crippen molar-refractivity contribution in [2.45, 2.75) is 19.4 Å². The molecule has 0 aromatic heterocycles. The number of hydrogen-bond donors (Lipinski definition) is 2. The highest BCUT2D eigenvalue weighted by Crippen LogP contribution is 2.21. The highest BCUT2D eigenvalue weighted by molar-refractivity contribution is 6.30. The van der Waals surface area contributed by atoms with Gasteiger partial charge in [0.25, 0.3) is 5.91 Å². The number of piperidine rings is 1. The number of carbonyl (C=O) groups is 1. The Morgan fingerprint density at radius 1 is 1.60 bits per heavy atom. The first-order chi connectivity index (χ1) is 9.56. The summed E-state index contributed by atoms with van der Waals surface area (Å²) in [6.07, 6.45) is 1.04. The molecule has 1 aliphatic heterocycles. The van der Waals surface area contributed by atoms with Crippen LogP contribution in [0.5, 0.6) is 5.75 Å². The van der Waals surface area contributed by atoms with Gasteiger partial charge in [-0.3, -0.25) is 4.79 Å². The van der Waals surface area contributed by atoms with Gasteiger partial charge in [0.1, 0.15) is 11.6 Å². The molecule has 1 heterocycles. The Balaban J connectivity index is 1.81. The zero-order valence-electron chi connectivity index (χ0n) is 11.3. The molecule has 0 bridgehead atoms. The number of nitrogens with one attached hydrogen (secondary N) is 2. The maximum atomic E-state index is 13.0. The lowest BCUT2D eigenvalue weighted by Gasteiger charge is -2.30. The molecule has 0 radical (unpaired) electrons. The number of rotatable bonds is 4. The molecule has 1 aliphatic rings. The monoisotopic (exact) mass is 300 g/mol. The fraction of sp³-hybridized carbons (Fsp3) is 0.500. The Kier molecular flexibility index (Phi) is 5.20. The molecule has 0 spiro atoms. The van der Waals surface area contributed by atoms with Gasteiger partial charge >= 0.3 is 0 Å². The van der Waals surface area contributed by atoms with E-state index in [4.69, 9.17) is 16.3 Å². The Morgan fingerprint density at radius 2 is 2.40 bits per heavy atom. The summed E-state index contributed by atoms with van der Waals surface area (Å²) >= 11 is 5.64. The van der Waals surface area contributed by atoms with Gasteiger partial charge in [-0.15, -0.1) is 0 Å². The summed E-state index contributed by atoms with van der Waals surface area (Å²) in [4.78, 5) is 11.8. The maximum absolute atomic E-state index is 13.0. The quantitative estimate of drug-likeness (QED) is 0.894. The maximum Gasteiger partial charge on any atom is 0.258 e. The van der Waals surface area contributed by atoms with Gasteiger partial charge in [0.15, 0.2) is 6.61 Å². The van der Waals surface area contributed by atoms with Gasteiger partial charge < -0.3 is 15.4 Å². The highest BCUT2D eigenvalue weighted by Gasteiger charge is 2.22. The van der Waals surface area contributed by atoms with Crippen molar-refractivity contribution in [1.29, 1.82) is 0 Å². The molecule has 2 unspecified atom stereocenters. The van der Waals surface area contributed by atoms with E-state index in [-0.39, 0.29) is 23.6 Å². The van der Waals surface area contributed by atoms with Crippen molar-refractivity contribution in [3.05, 3.63) is 29.0 Å². The number of halogens is 2. The molecule has 1 amide bonds. The molecule has 4 nitrogen and oxygen atoms in total. The number of carbonyl (C=O) groups excluding carboxylic acids is 1. The van der Waals surface area contributed by atoms with Crippen LogP contribution in [-0.2, 0) is 4.79 Å². The first kappa shape index (κ1) is 15.1. The molecule has 110 valence electrons. The zero-order chi connectivity index (χ0) is 14.5. The van der Waals surface area contributed by atoms with Crippen molar-refractivity contribution in [1.82, 2.24) is 10.6 Å². The van der Waals surface area contributed by atoms with Crippen LogP contribution >= 0.6 is 11.6 Å². The van der Waals surface area contributed by atoms with Crippen molar-refractivity contribution in [3.8, 4) is 5.75 Å². The first-order valence-electron chi connectivity index (χ1n) is 6.64. The van der Waals surface area contributed by atoms with Gasteiger partial charge in [0.2, 0.25) is 0 Å². The second kappa shape index (κ2) is 6.90. The van der Waals surface area contributed by atoms with E-state index in [0.717, 1.165) is 19.5 Å². The van der Waals surface area contributed by atoms with E-state index >= 15 is 0 Å². The van der Waals surface area contributed by atoms with E-state index in [0.29, 0.717) is 11.7 Å². The minimum atomic E-state index is -0.509. The second-order valence-corrected chi connectivity index (χ2v) is 5.42. The van der Waals surface area contributed by atoms with Crippen LogP contribution in [0.4, 0.5) is 4.39 Å². The summed E-state index contributed by atoms with van der Waals surface area (Å²) in [7, 11) is 0. The lowest BCUT2D eigenvalue weighted by atomic mass is 9.95. The van der Waals surface area contributed by atoms with Crippen molar-refractivity contribution >= 4 is 17.5 Å². The standard InChI is InChI=1S/C14H18ClFN2O2/c1-9-4-5-17-7-13(9)18-14(19)8-20-10-2-3-12(16)11(15)6-10/h2-3,6,9,13,17H,4-5,7-8H2,1H3,(H,18,19). The van der Waals surface area contributed by atoms with Crippen molar-refractivity contribution in [2.75, 3.05) is 19.7 Å². The van der Waals surface area contributed by atoms with Gasteiger partial charge in [0, 0.05) is 18.7 Å². The Labute approximate surface area is 122 Å². The van der Waals surface area contributed by atoms with E-state index in [1.54, 1.807) is 0 Å². The molecule has 1 aromatic carbocycles. The summed E-state index contributed by atoms with van der Waals surface area (Å²) in [6.45, 7) is 3.77. The minimum Gasteiger partial charge on any atom is -0.484 e. The largest absolute Gasteiger partial charge is 0.484 e. The highest BCUT2D eigenvalue weighted by atomic mass is 35.5. The summed E-state index contributed by atoms with van der Waals surface area (Å²) < 4.78 is 18.3. The average molecular weight is 301 g/mol. The van der Waals surface area contributed by atoms with Crippen molar-refractivity contribution < 1.29 is 13.9 Å². The molecule has 2 rings (SSSR count). The van der Waals surface area contributed by atoms with E-state index in [1.807, 2.05) is 0 Å². The molecule has 1 saturated heterocycles. The molecule has 2 N–H and O–H groups in total. The molecule has 6 heteroatoms. The Morgan fingerprint density at radius 3 is 3.10 bits per heavy atom. The topological polar surface area (TPSA) is 50.4 Å². The van der Waals surface area contributed by atoms with Crippen LogP contribution in [0.2, 0.25) is 5.02 Å². The zero-order valence-corrected chi connectivity index (χ0v) is 12.0. The van der Waals surface area contributed by atoms with E-state index in [1.165, 1.54) is 18.2 Å². The summed E-state index contributed by atoms with van der Waals surface area (Å²) in [6, 6.07) is 4.13. The van der Waals surface area contributed by atoms with Crippen LogP contribution < -0.4 is 15.4 Å². The third kappa shape index (κ3) is 4.08. The number of ether oxygens (including phenoxy) is 1. The molecular formula is C14H18ClFN2O2. The van der Waals surface area contributed by atoms with Crippen molar-refractivity contribution in [2.24, 2.45) is 5.92 Å². The molecule has 1 aromatic rings. The van der Waals surface area contributed by atoms with Crippen molar-refractivity contribution in [3.63, 3.8) is 0 Å². The summed E-state index contributed by atoms with van der Waals surface area (Å²) in [5.74, 6) is 0.124. The SMILES string of the molecule is CC1CCNCC1NC(=O)COc1ccc(F)c(Cl)c1. The van der Waals surface area contributed by atoms with E-state index in [9.17, 15) is 9.18 Å². The van der Waals surface area contributed by atoms with E-state index in [2.05, 4.69) is 17.6 Å². The Hall–Kier alpha value is -1.33. The van der Waals surface area contributed by atoms with Gasteiger partial charge in [0.05, 0.1) is 5.02 Å². The molecule has 0 saturated carbocycles. The fourth-order valence-electron chi connectivity index (χ4n) is 2.15. The van der Waals surface area contributed by atoms with Crippen LogP contribution in [0.25, 0.3) is 0 Å². The summed E-state index contributed by atoms with van der Waals surface area (Å²) in [5, 5.41) is 6.15. The van der Waals surface area contributed by atoms with Crippen LogP contribution in [0, 0.1) is 11.7 Å². The fourth-order valence-corrected chi connectivity index (χ4v) is 2.32. The second-order valence-electron chi connectivity index (χ2n) is 5.01. The number of benzene rings is 1. The van der Waals surface area contributed by atoms with Gasteiger partial charge in [-0.2, -0.15) is 0 Å². The van der Waals surface area contributed by atoms with Crippen LogP contribution in [-0.4, -0.2) is 31.6 Å². The summed E-state index contributed by atoms with van der Waals surface area (Å²) in [5.41, 5.74) is 0. The predicted molar refractivity (Wildman–Crippen MR) is 75.5 cm³/mol. The predicted octanol–water partition coefficient (Wildman–Crippen LogP) is 1.97. The van der Waals surface area contributed by atoms with E-state index < -0.39 is 5.82 Å². The van der Waals surface area contributed by atoms with Crippen LogP contribution in [0.1, 0.15) is 13.3 Å². The van der Waals surface area contributed by atoms with Gasteiger partial charge in [-0.1, -0.05) is 18.5 Å². The van der Waals surface area contributed by atoms with Gasteiger partial charge in [-0.25, -0.2) is 4.39 Å².